The van der Waals surface area contributed by atoms with Crippen molar-refractivity contribution >= 4 is 33.5 Å². The van der Waals surface area contributed by atoms with Gasteiger partial charge in [0.05, 0.1) is 20.9 Å². The Bertz CT molecular complexity index is 477. The van der Waals surface area contributed by atoms with E-state index in [2.05, 4.69) is 4.98 Å². The van der Waals surface area contributed by atoms with Crippen LogP contribution in [0.15, 0.2) is 16.8 Å². The third-order valence-electron chi connectivity index (χ3n) is 1.57. The highest BCUT2D eigenvalue weighted by Gasteiger charge is 2.12. The van der Waals surface area contributed by atoms with Crippen molar-refractivity contribution in [3.63, 3.8) is 0 Å². The molecule has 2 aromatic rings. The number of rotatable bonds is 2. The lowest BCUT2D eigenvalue weighted by Crippen LogP contribution is -1.83. The number of nitrogens with two attached hydrogens (primary N) is 1. The predicted molar refractivity (Wildman–Crippen MR) is 56.5 cm³/mol. The van der Waals surface area contributed by atoms with Gasteiger partial charge in [0.25, 0.3) is 5.69 Å². The molecule has 0 spiro atoms. The summed E-state index contributed by atoms with van der Waals surface area (Å²) < 4.78 is 0. The van der Waals surface area contributed by atoms with Crippen molar-refractivity contribution in [1.29, 1.82) is 0 Å². The zero-order valence-electron chi connectivity index (χ0n) is 6.84. The van der Waals surface area contributed by atoms with Crippen molar-refractivity contribution in [2.75, 3.05) is 5.73 Å². The van der Waals surface area contributed by atoms with E-state index in [-0.39, 0.29) is 5.69 Å². The molecule has 0 fully saturated rings. The molecular weight excluding hydrogens is 222 g/mol. The van der Waals surface area contributed by atoms with E-state index < -0.39 is 4.92 Å². The minimum atomic E-state index is -0.421. The maximum Gasteiger partial charge on any atom is 0.280 e. The van der Waals surface area contributed by atoms with E-state index in [9.17, 15) is 10.1 Å². The van der Waals surface area contributed by atoms with Crippen LogP contribution >= 0.6 is 22.7 Å². The molecule has 0 bridgehead atoms. The first-order chi connectivity index (χ1) is 6.66. The Morgan fingerprint density at radius 1 is 1.43 bits per heavy atom. The largest absolute Gasteiger partial charge is 0.375 e. The summed E-state index contributed by atoms with van der Waals surface area (Å²) in [6, 6.07) is 1.50. The molecule has 0 aliphatic heterocycles. The number of anilines is 1. The summed E-state index contributed by atoms with van der Waals surface area (Å²) in [6.07, 6.45) is 0. The molecule has 0 unspecified atom stereocenters. The van der Waals surface area contributed by atoms with Gasteiger partial charge in [0.1, 0.15) is 0 Å². The van der Waals surface area contributed by atoms with Crippen LogP contribution in [0.25, 0.3) is 10.6 Å². The first kappa shape index (κ1) is 9.10. The molecule has 0 atom stereocenters. The summed E-state index contributed by atoms with van der Waals surface area (Å²) in [5.41, 5.74) is 6.25. The SMILES string of the molecule is Nc1nc(-c2cc([N+](=O)[O-])cs2)cs1. The molecule has 0 aliphatic carbocycles. The Hall–Kier alpha value is -1.47. The second kappa shape index (κ2) is 3.35. The topological polar surface area (TPSA) is 82.0 Å². The molecule has 72 valence electrons. The number of nitrogen functional groups attached to an aromatic ring is 1. The maximum atomic E-state index is 10.4. The summed E-state index contributed by atoms with van der Waals surface area (Å²) in [5.74, 6) is 0. The Labute approximate surface area is 87.0 Å². The Balaban J connectivity index is 2.38. The van der Waals surface area contributed by atoms with Crippen molar-refractivity contribution in [2.24, 2.45) is 0 Å². The van der Waals surface area contributed by atoms with Crippen LogP contribution in [-0.4, -0.2) is 9.91 Å². The Morgan fingerprint density at radius 3 is 2.71 bits per heavy atom. The molecule has 2 aromatic heterocycles. The Morgan fingerprint density at radius 2 is 2.21 bits per heavy atom. The van der Waals surface area contributed by atoms with Gasteiger partial charge in [-0.05, 0) is 0 Å². The zero-order chi connectivity index (χ0) is 10.1. The molecule has 2 rings (SSSR count). The van der Waals surface area contributed by atoms with Crippen LogP contribution in [0.3, 0.4) is 0 Å². The van der Waals surface area contributed by atoms with Crippen molar-refractivity contribution in [3.8, 4) is 10.6 Å². The van der Waals surface area contributed by atoms with E-state index in [0.29, 0.717) is 10.8 Å². The van der Waals surface area contributed by atoms with E-state index in [4.69, 9.17) is 5.73 Å². The van der Waals surface area contributed by atoms with E-state index in [1.807, 2.05) is 0 Å². The molecule has 14 heavy (non-hydrogen) atoms. The van der Waals surface area contributed by atoms with Gasteiger partial charge in [0.15, 0.2) is 5.13 Å². The Kier molecular flexibility index (Phi) is 2.18. The number of thiophene rings is 1. The molecule has 0 saturated carbocycles. The summed E-state index contributed by atoms with van der Waals surface area (Å²) >= 11 is 2.61. The van der Waals surface area contributed by atoms with Crippen LogP contribution in [-0.2, 0) is 0 Å². The molecule has 2 heterocycles. The van der Waals surface area contributed by atoms with Gasteiger partial charge in [-0.2, -0.15) is 0 Å². The number of nitro groups is 1. The molecule has 5 nitrogen and oxygen atoms in total. The van der Waals surface area contributed by atoms with Crippen molar-refractivity contribution in [1.82, 2.24) is 4.98 Å². The fourth-order valence-corrected chi connectivity index (χ4v) is 2.41. The second-order valence-electron chi connectivity index (χ2n) is 2.50. The van der Waals surface area contributed by atoms with Crippen LogP contribution < -0.4 is 5.73 Å². The summed E-state index contributed by atoms with van der Waals surface area (Å²) in [5, 5.41) is 14.2. The normalized spacial score (nSPS) is 10.3. The van der Waals surface area contributed by atoms with Crippen molar-refractivity contribution in [3.05, 3.63) is 26.9 Å². The lowest BCUT2D eigenvalue weighted by Gasteiger charge is -1.85. The quantitative estimate of drug-likeness (QED) is 0.630. The highest BCUT2D eigenvalue weighted by molar-refractivity contribution is 7.16. The van der Waals surface area contributed by atoms with Crippen LogP contribution in [0, 0.1) is 10.1 Å². The van der Waals surface area contributed by atoms with Gasteiger partial charge in [-0.3, -0.25) is 10.1 Å². The summed E-state index contributed by atoms with van der Waals surface area (Å²) in [4.78, 5) is 14.8. The number of thiazole rings is 1. The van der Waals surface area contributed by atoms with Gasteiger partial charge < -0.3 is 5.73 Å². The summed E-state index contributed by atoms with van der Waals surface area (Å²) in [7, 11) is 0. The molecule has 0 aliphatic rings. The highest BCUT2D eigenvalue weighted by Crippen LogP contribution is 2.31. The monoisotopic (exact) mass is 227 g/mol. The third-order valence-corrected chi connectivity index (χ3v) is 3.18. The molecular formula is C7H5N3O2S2. The highest BCUT2D eigenvalue weighted by atomic mass is 32.1. The van der Waals surface area contributed by atoms with Gasteiger partial charge in [0, 0.05) is 11.4 Å². The minimum absolute atomic E-state index is 0.0940. The van der Waals surface area contributed by atoms with Crippen LogP contribution in [0.2, 0.25) is 0 Å². The molecule has 2 N–H and O–H groups in total. The average molecular weight is 227 g/mol. The predicted octanol–water partition coefficient (Wildman–Crippen LogP) is 2.36. The second-order valence-corrected chi connectivity index (χ2v) is 4.30. The average Bonchev–Trinajstić information content (AvgIpc) is 2.70. The molecule has 0 amide bonds. The first-order valence-electron chi connectivity index (χ1n) is 3.61. The molecule has 0 radical (unpaired) electrons. The minimum Gasteiger partial charge on any atom is -0.375 e. The van der Waals surface area contributed by atoms with E-state index in [1.165, 1.54) is 34.1 Å². The number of aromatic nitrogens is 1. The molecule has 0 saturated heterocycles. The number of hydrogen-bond donors (Lipinski definition) is 1. The molecule has 7 heteroatoms. The van der Waals surface area contributed by atoms with Crippen molar-refractivity contribution in [2.45, 2.75) is 0 Å². The van der Waals surface area contributed by atoms with Gasteiger partial charge in [-0.25, -0.2) is 4.98 Å². The first-order valence-corrected chi connectivity index (χ1v) is 5.37. The van der Waals surface area contributed by atoms with Crippen LogP contribution in [0.1, 0.15) is 0 Å². The van der Waals surface area contributed by atoms with Gasteiger partial charge in [-0.15, -0.1) is 22.7 Å². The number of hydrogen-bond acceptors (Lipinski definition) is 6. The smallest absolute Gasteiger partial charge is 0.280 e. The van der Waals surface area contributed by atoms with Gasteiger partial charge >= 0.3 is 0 Å². The van der Waals surface area contributed by atoms with Gasteiger partial charge in [-0.1, -0.05) is 0 Å². The third kappa shape index (κ3) is 1.59. The van der Waals surface area contributed by atoms with E-state index >= 15 is 0 Å². The molecule has 0 aromatic carbocycles. The fraction of sp³-hybridized carbons (Fsp3) is 0. The van der Waals surface area contributed by atoms with Crippen LogP contribution in [0.4, 0.5) is 10.8 Å². The van der Waals surface area contributed by atoms with Gasteiger partial charge in [0.2, 0.25) is 0 Å². The lowest BCUT2D eigenvalue weighted by atomic mass is 10.4. The fourth-order valence-electron chi connectivity index (χ4n) is 0.957. The van der Waals surface area contributed by atoms with E-state index in [0.717, 1.165) is 4.88 Å². The standard InChI is InChI=1S/C7H5N3O2S2/c8-7-9-5(3-14-7)6-1-4(2-13-6)10(11)12/h1-3H,(H2,8,9). The van der Waals surface area contributed by atoms with Crippen molar-refractivity contribution < 1.29 is 4.92 Å². The van der Waals surface area contributed by atoms with Crippen LogP contribution in [0.5, 0.6) is 0 Å². The summed E-state index contributed by atoms with van der Waals surface area (Å²) in [6.45, 7) is 0. The lowest BCUT2D eigenvalue weighted by molar-refractivity contribution is -0.384. The zero-order valence-corrected chi connectivity index (χ0v) is 8.47. The van der Waals surface area contributed by atoms with E-state index in [1.54, 1.807) is 5.38 Å². The number of nitrogens with zero attached hydrogens (tertiary/aromatic N) is 2. The maximum absolute atomic E-state index is 10.4.